The molecule has 6 nitrogen and oxygen atoms in total. The van der Waals surface area contributed by atoms with Crippen molar-refractivity contribution in [1.82, 2.24) is 4.72 Å². The average molecular weight is 480 g/mol. The van der Waals surface area contributed by atoms with Crippen molar-refractivity contribution in [2.24, 2.45) is 0 Å². The van der Waals surface area contributed by atoms with Crippen LogP contribution in [0.4, 0.5) is 11.4 Å². The number of sulfonamides is 1. The summed E-state index contributed by atoms with van der Waals surface area (Å²) >= 11 is 0. The van der Waals surface area contributed by atoms with E-state index < -0.39 is 16.1 Å². The van der Waals surface area contributed by atoms with E-state index >= 15 is 0 Å². The molecule has 0 aromatic heterocycles. The SMILES string of the molecule is Cc1ccc(CC(CNS(C)(=O)=O)N(C=O)c2ccccc2N(C)Cc2ccc(C)cc2)cc1. The minimum Gasteiger partial charge on any atom is -0.369 e. The van der Waals surface area contributed by atoms with Gasteiger partial charge in [0, 0.05) is 20.1 Å². The third-order valence-electron chi connectivity index (χ3n) is 5.79. The minimum atomic E-state index is -3.42. The molecule has 0 bridgehead atoms. The molecule has 7 heteroatoms. The fraction of sp³-hybridized carbons (Fsp3) is 0.296. The van der Waals surface area contributed by atoms with Crippen molar-refractivity contribution in [3.05, 3.63) is 95.1 Å². The number of anilines is 2. The van der Waals surface area contributed by atoms with Crippen LogP contribution in [0.2, 0.25) is 0 Å². The Morgan fingerprint density at radius 2 is 1.38 bits per heavy atom. The highest BCUT2D eigenvalue weighted by Gasteiger charge is 2.24. The molecule has 1 atom stereocenters. The van der Waals surface area contributed by atoms with Gasteiger partial charge in [-0.2, -0.15) is 0 Å². The molecule has 0 saturated carbocycles. The fourth-order valence-electron chi connectivity index (χ4n) is 3.91. The van der Waals surface area contributed by atoms with Crippen LogP contribution in [0.5, 0.6) is 0 Å². The Bertz CT molecular complexity index is 1190. The third-order valence-corrected chi connectivity index (χ3v) is 6.48. The Balaban J connectivity index is 1.93. The van der Waals surface area contributed by atoms with E-state index in [9.17, 15) is 13.2 Å². The van der Waals surface area contributed by atoms with Crippen LogP contribution < -0.4 is 14.5 Å². The first kappa shape index (κ1) is 25.5. The number of hydrogen-bond donors (Lipinski definition) is 1. The molecular formula is C27H33N3O3S. The van der Waals surface area contributed by atoms with Crippen molar-refractivity contribution in [2.75, 3.05) is 29.6 Å². The highest BCUT2D eigenvalue weighted by atomic mass is 32.2. The molecule has 3 rings (SSSR count). The number of aryl methyl sites for hydroxylation is 2. The molecule has 34 heavy (non-hydrogen) atoms. The number of para-hydroxylation sites is 2. The van der Waals surface area contributed by atoms with Crippen LogP contribution in [0.3, 0.4) is 0 Å². The summed E-state index contributed by atoms with van der Waals surface area (Å²) < 4.78 is 26.3. The zero-order valence-corrected chi connectivity index (χ0v) is 21.0. The zero-order chi connectivity index (χ0) is 24.7. The van der Waals surface area contributed by atoms with Crippen molar-refractivity contribution in [3.8, 4) is 0 Å². The Morgan fingerprint density at radius 3 is 1.91 bits per heavy atom. The number of rotatable bonds is 11. The fourth-order valence-corrected chi connectivity index (χ4v) is 4.41. The standard InChI is InChI=1S/C27H33N3O3S/c1-21-9-13-23(14-10-21)17-25(18-28-34(4,32)33)30(20-31)27-8-6-5-7-26(27)29(3)19-24-15-11-22(2)12-16-24/h5-16,20,25,28H,17-19H2,1-4H3. The van der Waals surface area contributed by atoms with E-state index in [4.69, 9.17) is 0 Å². The van der Waals surface area contributed by atoms with Gasteiger partial charge in [-0.1, -0.05) is 71.8 Å². The van der Waals surface area contributed by atoms with E-state index in [1.165, 1.54) is 5.56 Å². The van der Waals surface area contributed by atoms with Gasteiger partial charge in [-0.25, -0.2) is 13.1 Å². The molecule has 3 aromatic rings. The molecule has 1 unspecified atom stereocenters. The smallest absolute Gasteiger partial charge is 0.214 e. The minimum absolute atomic E-state index is 0.113. The first-order valence-corrected chi connectivity index (χ1v) is 13.1. The van der Waals surface area contributed by atoms with Crippen molar-refractivity contribution >= 4 is 27.8 Å². The van der Waals surface area contributed by atoms with E-state index in [1.807, 2.05) is 62.5 Å². The summed E-state index contributed by atoms with van der Waals surface area (Å²) in [5, 5.41) is 0. The van der Waals surface area contributed by atoms with E-state index in [1.54, 1.807) is 4.90 Å². The molecule has 0 aliphatic carbocycles. The van der Waals surface area contributed by atoms with Gasteiger partial charge in [-0.05, 0) is 43.5 Å². The molecule has 1 amide bonds. The molecule has 3 aromatic carbocycles. The summed E-state index contributed by atoms with van der Waals surface area (Å²) in [6.07, 6.45) is 2.43. The molecular weight excluding hydrogens is 446 g/mol. The van der Waals surface area contributed by atoms with Crippen LogP contribution in [0, 0.1) is 13.8 Å². The Kier molecular flexibility index (Phi) is 8.47. The van der Waals surface area contributed by atoms with Gasteiger partial charge in [0.2, 0.25) is 16.4 Å². The highest BCUT2D eigenvalue weighted by Crippen LogP contribution is 2.31. The van der Waals surface area contributed by atoms with Crippen LogP contribution in [0.25, 0.3) is 0 Å². The second-order valence-electron chi connectivity index (χ2n) is 8.81. The first-order chi connectivity index (χ1) is 16.2. The topological polar surface area (TPSA) is 69.7 Å². The summed E-state index contributed by atoms with van der Waals surface area (Å²) in [5.74, 6) is 0. The summed E-state index contributed by atoms with van der Waals surface area (Å²) in [6.45, 7) is 4.86. The van der Waals surface area contributed by atoms with Gasteiger partial charge >= 0.3 is 0 Å². The number of amides is 1. The van der Waals surface area contributed by atoms with Crippen LogP contribution in [-0.2, 0) is 27.8 Å². The number of carbonyl (C=O) groups is 1. The lowest BCUT2D eigenvalue weighted by Crippen LogP contribution is -2.45. The predicted octanol–water partition coefficient (Wildman–Crippen LogP) is 4.06. The van der Waals surface area contributed by atoms with Gasteiger partial charge in [0.05, 0.1) is 23.7 Å². The number of carbonyl (C=O) groups excluding carboxylic acids is 1. The average Bonchev–Trinajstić information content (AvgIpc) is 2.80. The number of benzene rings is 3. The molecule has 0 heterocycles. The van der Waals surface area contributed by atoms with Crippen LogP contribution in [0.15, 0.2) is 72.8 Å². The Labute approximate surface area is 203 Å². The maximum atomic E-state index is 12.4. The lowest BCUT2D eigenvalue weighted by atomic mass is 10.0. The van der Waals surface area contributed by atoms with Crippen LogP contribution in [0.1, 0.15) is 22.3 Å². The third kappa shape index (κ3) is 7.17. The van der Waals surface area contributed by atoms with Crippen LogP contribution in [-0.4, -0.2) is 40.7 Å². The predicted molar refractivity (Wildman–Crippen MR) is 140 cm³/mol. The van der Waals surface area contributed by atoms with Crippen molar-refractivity contribution in [3.63, 3.8) is 0 Å². The maximum absolute atomic E-state index is 12.4. The van der Waals surface area contributed by atoms with Crippen molar-refractivity contribution in [2.45, 2.75) is 32.9 Å². The van der Waals surface area contributed by atoms with Gasteiger partial charge in [-0.3, -0.25) is 4.79 Å². The normalized spacial score (nSPS) is 12.2. The molecule has 0 radical (unpaired) electrons. The lowest BCUT2D eigenvalue weighted by Gasteiger charge is -2.32. The van der Waals surface area contributed by atoms with Gasteiger partial charge in [0.25, 0.3) is 0 Å². The van der Waals surface area contributed by atoms with Gasteiger partial charge in [0.15, 0.2) is 0 Å². The Morgan fingerprint density at radius 1 is 0.853 bits per heavy atom. The molecule has 1 N–H and O–H groups in total. The lowest BCUT2D eigenvalue weighted by molar-refractivity contribution is -0.107. The second-order valence-corrected chi connectivity index (χ2v) is 10.6. The molecule has 0 aliphatic heterocycles. The molecule has 0 spiro atoms. The summed E-state index contributed by atoms with van der Waals surface area (Å²) in [7, 11) is -1.42. The number of nitrogens with one attached hydrogen (secondary N) is 1. The second kappa shape index (κ2) is 11.3. The van der Waals surface area contributed by atoms with Gasteiger partial charge in [-0.15, -0.1) is 0 Å². The molecule has 0 fully saturated rings. The summed E-state index contributed by atoms with van der Waals surface area (Å²) in [5.41, 5.74) is 6.17. The Hall–Kier alpha value is -3.16. The van der Waals surface area contributed by atoms with Gasteiger partial charge < -0.3 is 9.80 Å². The van der Waals surface area contributed by atoms with Gasteiger partial charge in [0.1, 0.15) is 0 Å². The largest absolute Gasteiger partial charge is 0.369 e. The molecule has 0 saturated heterocycles. The van der Waals surface area contributed by atoms with Crippen molar-refractivity contribution in [1.29, 1.82) is 0 Å². The maximum Gasteiger partial charge on any atom is 0.214 e. The molecule has 0 aliphatic rings. The van der Waals surface area contributed by atoms with E-state index in [0.717, 1.165) is 40.7 Å². The monoisotopic (exact) mass is 479 g/mol. The van der Waals surface area contributed by atoms with Crippen molar-refractivity contribution < 1.29 is 13.2 Å². The first-order valence-electron chi connectivity index (χ1n) is 11.3. The number of hydrogen-bond acceptors (Lipinski definition) is 4. The van der Waals surface area contributed by atoms with E-state index in [2.05, 4.69) is 40.8 Å². The van der Waals surface area contributed by atoms with E-state index in [0.29, 0.717) is 13.0 Å². The molecule has 180 valence electrons. The van der Waals surface area contributed by atoms with Crippen LogP contribution >= 0.6 is 0 Å². The quantitative estimate of drug-likeness (QED) is 0.421. The number of nitrogens with zero attached hydrogens (tertiary/aromatic N) is 2. The zero-order valence-electron chi connectivity index (χ0n) is 20.2. The highest BCUT2D eigenvalue weighted by molar-refractivity contribution is 7.88. The van der Waals surface area contributed by atoms with E-state index in [-0.39, 0.29) is 6.54 Å². The summed E-state index contributed by atoms with van der Waals surface area (Å²) in [4.78, 5) is 16.2. The summed E-state index contributed by atoms with van der Waals surface area (Å²) in [6, 6.07) is 23.7.